The van der Waals surface area contributed by atoms with Crippen molar-refractivity contribution >= 4 is 5.95 Å². The highest BCUT2D eigenvalue weighted by Gasteiger charge is 2.34. The van der Waals surface area contributed by atoms with E-state index in [0.717, 1.165) is 12.1 Å². The topological polar surface area (TPSA) is 73.1 Å². The summed E-state index contributed by atoms with van der Waals surface area (Å²) in [6.07, 6.45) is 3.01. The van der Waals surface area contributed by atoms with Gasteiger partial charge in [0, 0.05) is 37.4 Å². The Balaban J connectivity index is 1.75. The number of nitrogens with zero attached hydrogens (tertiary/aromatic N) is 5. The zero-order valence-corrected chi connectivity index (χ0v) is 17.7. The van der Waals surface area contributed by atoms with E-state index in [9.17, 15) is 4.79 Å². The second-order valence-electron chi connectivity index (χ2n) is 8.36. The van der Waals surface area contributed by atoms with Crippen LogP contribution in [-0.2, 0) is 11.3 Å². The second-order valence-corrected chi connectivity index (χ2v) is 8.36. The van der Waals surface area contributed by atoms with Crippen molar-refractivity contribution in [1.82, 2.24) is 19.5 Å². The third kappa shape index (κ3) is 4.26. The first kappa shape index (κ1) is 20.2. The van der Waals surface area contributed by atoms with Gasteiger partial charge in [-0.05, 0) is 18.6 Å². The van der Waals surface area contributed by atoms with Crippen LogP contribution in [0.3, 0.4) is 0 Å². The number of ether oxygens (including phenoxy) is 1. The van der Waals surface area contributed by atoms with E-state index in [1.807, 2.05) is 25.1 Å². The maximum atomic E-state index is 13.0. The van der Waals surface area contributed by atoms with Crippen molar-refractivity contribution in [2.75, 3.05) is 24.6 Å². The van der Waals surface area contributed by atoms with Gasteiger partial charge in [0.25, 0.3) is 5.56 Å². The number of anilines is 1. The monoisotopic (exact) mass is 405 g/mol. The molecule has 2 aromatic heterocycles. The average Bonchev–Trinajstić information content (AvgIpc) is 2.75. The minimum atomic E-state index is -0.113. The fraction of sp³-hybridized carbons (Fsp3) is 0.391. The van der Waals surface area contributed by atoms with E-state index >= 15 is 0 Å². The lowest BCUT2D eigenvalue weighted by Gasteiger charge is -2.41. The smallest absolute Gasteiger partial charge is 0.255 e. The van der Waals surface area contributed by atoms with Crippen molar-refractivity contribution in [1.29, 1.82) is 0 Å². The molecule has 1 aromatic carbocycles. The molecule has 0 fully saturated rings. The van der Waals surface area contributed by atoms with Gasteiger partial charge >= 0.3 is 0 Å². The van der Waals surface area contributed by atoms with E-state index < -0.39 is 0 Å². The van der Waals surface area contributed by atoms with Gasteiger partial charge in [0.05, 0.1) is 17.9 Å². The van der Waals surface area contributed by atoms with Gasteiger partial charge in [0.2, 0.25) is 5.95 Å². The molecule has 0 N–H and O–H groups in total. The van der Waals surface area contributed by atoms with Gasteiger partial charge in [0.1, 0.15) is 12.4 Å². The van der Waals surface area contributed by atoms with Crippen LogP contribution in [-0.4, -0.2) is 39.2 Å². The minimum absolute atomic E-state index is 0.0671. The summed E-state index contributed by atoms with van der Waals surface area (Å²) >= 11 is 0. The summed E-state index contributed by atoms with van der Waals surface area (Å²) in [6.45, 7) is 8.97. The summed E-state index contributed by atoms with van der Waals surface area (Å²) in [4.78, 5) is 28.2. The largest absolute Gasteiger partial charge is 0.372 e. The molecule has 3 heterocycles. The molecule has 0 radical (unpaired) electrons. The summed E-state index contributed by atoms with van der Waals surface area (Å²) in [7, 11) is 0. The number of hydrogen-bond donors (Lipinski definition) is 0. The van der Waals surface area contributed by atoms with Crippen molar-refractivity contribution in [3.05, 3.63) is 70.9 Å². The van der Waals surface area contributed by atoms with Gasteiger partial charge in [-0.2, -0.15) is 0 Å². The van der Waals surface area contributed by atoms with Gasteiger partial charge in [-0.1, -0.05) is 44.2 Å². The number of hydrogen-bond acceptors (Lipinski definition) is 6. The molecule has 0 aliphatic carbocycles. The molecule has 1 aliphatic heterocycles. The average molecular weight is 406 g/mol. The second kappa shape index (κ2) is 8.36. The first-order chi connectivity index (χ1) is 14.5. The number of benzene rings is 1. The highest BCUT2D eigenvalue weighted by Crippen LogP contribution is 2.32. The highest BCUT2D eigenvalue weighted by molar-refractivity contribution is 5.55. The van der Waals surface area contributed by atoms with Crippen LogP contribution in [0.5, 0.6) is 0 Å². The lowest BCUT2D eigenvalue weighted by molar-refractivity contribution is 0.0642. The zero-order valence-electron chi connectivity index (χ0n) is 17.7. The molecule has 0 unspecified atom stereocenters. The molecule has 0 saturated heterocycles. The SMILES string of the molecule is CCO[C@H](CN1CC(C)(C)Cn2c1nc(-c1ccncn1)cc2=O)c1ccccc1. The highest BCUT2D eigenvalue weighted by atomic mass is 16.5. The fourth-order valence-electron chi connectivity index (χ4n) is 3.99. The Morgan fingerprint density at radius 3 is 2.63 bits per heavy atom. The van der Waals surface area contributed by atoms with E-state index in [4.69, 9.17) is 9.72 Å². The van der Waals surface area contributed by atoms with Gasteiger partial charge in [-0.15, -0.1) is 0 Å². The standard InChI is InChI=1S/C23H27N5O2/c1-4-30-20(17-8-6-5-7-9-17)13-27-14-23(2,3)15-28-21(29)12-19(26-22(27)28)18-10-11-24-16-25-18/h5-12,16,20H,4,13-15H2,1-3H3/t20-/m1/s1. The molecule has 0 amide bonds. The van der Waals surface area contributed by atoms with Crippen LogP contribution in [0.1, 0.15) is 32.4 Å². The van der Waals surface area contributed by atoms with Crippen LogP contribution in [0.25, 0.3) is 11.4 Å². The lowest BCUT2D eigenvalue weighted by atomic mass is 9.90. The van der Waals surface area contributed by atoms with E-state index in [2.05, 4.69) is 40.8 Å². The molecule has 0 spiro atoms. The summed E-state index contributed by atoms with van der Waals surface area (Å²) in [6, 6.07) is 13.5. The van der Waals surface area contributed by atoms with Crippen molar-refractivity contribution < 1.29 is 4.74 Å². The third-order valence-electron chi connectivity index (χ3n) is 5.25. The lowest BCUT2D eigenvalue weighted by Crippen LogP contribution is -2.49. The van der Waals surface area contributed by atoms with Crippen LogP contribution in [0.2, 0.25) is 0 Å². The first-order valence-electron chi connectivity index (χ1n) is 10.3. The third-order valence-corrected chi connectivity index (χ3v) is 5.25. The maximum Gasteiger partial charge on any atom is 0.255 e. The summed E-state index contributed by atoms with van der Waals surface area (Å²) in [5.41, 5.74) is 2.18. The van der Waals surface area contributed by atoms with Gasteiger partial charge in [0.15, 0.2) is 0 Å². The number of aromatic nitrogens is 4. The first-order valence-corrected chi connectivity index (χ1v) is 10.3. The van der Waals surface area contributed by atoms with Crippen molar-refractivity contribution in [3.63, 3.8) is 0 Å². The molecule has 4 rings (SSSR count). The predicted molar refractivity (Wildman–Crippen MR) is 116 cm³/mol. The summed E-state index contributed by atoms with van der Waals surface area (Å²) < 4.78 is 7.85. The quantitative estimate of drug-likeness (QED) is 0.626. The van der Waals surface area contributed by atoms with Crippen LogP contribution < -0.4 is 10.5 Å². The summed E-state index contributed by atoms with van der Waals surface area (Å²) in [5.74, 6) is 0.663. The Bertz CT molecular complexity index is 1050. The van der Waals surface area contributed by atoms with Crippen LogP contribution in [0.15, 0.2) is 59.8 Å². The number of rotatable bonds is 6. The minimum Gasteiger partial charge on any atom is -0.372 e. The van der Waals surface area contributed by atoms with E-state index in [1.165, 1.54) is 6.33 Å². The maximum absolute atomic E-state index is 13.0. The molecule has 30 heavy (non-hydrogen) atoms. The number of fused-ring (bicyclic) bond motifs is 1. The van der Waals surface area contributed by atoms with Crippen LogP contribution in [0.4, 0.5) is 5.95 Å². The van der Waals surface area contributed by atoms with Crippen LogP contribution >= 0.6 is 0 Å². The fourth-order valence-corrected chi connectivity index (χ4v) is 3.99. The molecule has 0 bridgehead atoms. The molecule has 7 nitrogen and oxygen atoms in total. The van der Waals surface area contributed by atoms with E-state index in [-0.39, 0.29) is 17.1 Å². The Morgan fingerprint density at radius 1 is 1.13 bits per heavy atom. The van der Waals surface area contributed by atoms with Crippen molar-refractivity contribution in [2.45, 2.75) is 33.4 Å². The molecular formula is C23H27N5O2. The zero-order chi connectivity index (χ0) is 21.1. The molecule has 1 aliphatic rings. The van der Waals surface area contributed by atoms with Crippen molar-refractivity contribution in [3.8, 4) is 11.4 Å². The van der Waals surface area contributed by atoms with Crippen molar-refractivity contribution in [2.24, 2.45) is 5.41 Å². The Hall–Kier alpha value is -3.06. The normalized spacial score (nSPS) is 16.2. The molecule has 7 heteroatoms. The van der Waals surface area contributed by atoms with E-state index in [1.54, 1.807) is 22.9 Å². The van der Waals surface area contributed by atoms with E-state index in [0.29, 0.717) is 37.0 Å². The molecule has 0 saturated carbocycles. The molecular weight excluding hydrogens is 378 g/mol. The van der Waals surface area contributed by atoms with Gasteiger partial charge in [-0.3, -0.25) is 9.36 Å². The Kier molecular flexibility index (Phi) is 5.63. The van der Waals surface area contributed by atoms with Crippen LogP contribution in [0, 0.1) is 5.41 Å². The molecule has 3 aromatic rings. The Labute approximate surface area is 176 Å². The predicted octanol–water partition coefficient (Wildman–Crippen LogP) is 3.32. The summed E-state index contributed by atoms with van der Waals surface area (Å²) in [5, 5.41) is 0. The van der Waals surface area contributed by atoms with Gasteiger partial charge < -0.3 is 9.64 Å². The molecule has 1 atom stereocenters. The van der Waals surface area contributed by atoms with Gasteiger partial charge in [-0.25, -0.2) is 15.0 Å². The Morgan fingerprint density at radius 2 is 1.93 bits per heavy atom. The molecule has 156 valence electrons.